The molecule has 2 N–H and O–H groups in total. The van der Waals surface area contributed by atoms with Crippen LogP contribution in [-0.4, -0.2) is 17.1 Å². The van der Waals surface area contributed by atoms with Crippen molar-refractivity contribution in [1.29, 1.82) is 0 Å². The van der Waals surface area contributed by atoms with Crippen LogP contribution in [-0.2, 0) is 16.1 Å². The first-order valence-corrected chi connectivity index (χ1v) is 8.28. The SMILES string of the molecule is CC(=O)Nc1ccc(SC(C)C(=O)NCc2ccccc2)cc1. The predicted molar refractivity (Wildman–Crippen MR) is 94.4 cm³/mol. The van der Waals surface area contributed by atoms with E-state index in [0.29, 0.717) is 6.54 Å². The monoisotopic (exact) mass is 328 g/mol. The third-order valence-electron chi connectivity index (χ3n) is 3.17. The van der Waals surface area contributed by atoms with E-state index in [2.05, 4.69) is 10.6 Å². The van der Waals surface area contributed by atoms with Crippen LogP contribution >= 0.6 is 11.8 Å². The van der Waals surface area contributed by atoms with Gasteiger partial charge in [-0.2, -0.15) is 0 Å². The number of carbonyl (C=O) groups excluding carboxylic acids is 2. The Kier molecular flexibility index (Phi) is 6.23. The first-order valence-electron chi connectivity index (χ1n) is 7.40. The minimum atomic E-state index is -0.190. The van der Waals surface area contributed by atoms with Gasteiger partial charge in [0.05, 0.1) is 5.25 Å². The smallest absolute Gasteiger partial charge is 0.233 e. The molecule has 4 nitrogen and oxygen atoms in total. The molecule has 0 spiro atoms. The molecule has 0 aliphatic heterocycles. The Balaban J connectivity index is 1.84. The van der Waals surface area contributed by atoms with Crippen LogP contribution in [0.4, 0.5) is 5.69 Å². The van der Waals surface area contributed by atoms with Crippen molar-refractivity contribution in [3.8, 4) is 0 Å². The molecule has 1 atom stereocenters. The Labute approximate surface area is 140 Å². The number of hydrogen-bond donors (Lipinski definition) is 2. The molecular formula is C18H20N2O2S. The molecule has 2 rings (SSSR count). The molecular weight excluding hydrogens is 308 g/mol. The Bertz CT molecular complexity index is 656. The molecule has 5 heteroatoms. The van der Waals surface area contributed by atoms with Crippen LogP contribution in [0, 0.1) is 0 Å². The number of nitrogens with one attached hydrogen (secondary N) is 2. The van der Waals surface area contributed by atoms with Crippen LogP contribution in [0.1, 0.15) is 19.4 Å². The van der Waals surface area contributed by atoms with Gasteiger partial charge in [-0.25, -0.2) is 0 Å². The quantitative estimate of drug-likeness (QED) is 0.799. The third-order valence-corrected chi connectivity index (χ3v) is 4.28. The fourth-order valence-corrected chi connectivity index (χ4v) is 2.90. The van der Waals surface area contributed by atoms with Gasteiger partial charge < -0.3 is 10.6 Å². The number of carbonyl (C=O) groups is 2. The molecule has 0 bridgehead atoms. The molecule has 0 aliphatic carbocycles. The molecule has 2 aromatic carbocycles. The van der Waals surface area contributed by atoms with Crippen LogP contribution in [0.5, 0.6) is 0 Å². The summed E-state index contributed by atoms with van der Waals surface area (Å²) in [5.74, 6) is -0.0937. The highest BCUT2D eigenvalue weighted by Gasteiger charge is 2.14. The maximum Gasteiger partial charge on any atom is 0.233 e. The largest absolute Gasteiger partial charge is 0.351 e. The normalized spacial score (nSPS) is 11.6. The van der Waals surface area contributed by atoms with Crippen molar-refractivity contribution < 1.29 is 9.59 Å². The summed E-state index contributed by atoms with van der Waals surface area (Å²) >= 11 is 1.49. The molecule has 2 aromatic rings. The van der Waals surface area contributed by atoms with Crippen LogP contribution in [0.15, 0.2) is 59.5 Å². The number of rotatable bonds is 6. The lowest BCUT2D eigenvalue weighted by molar-refractivity contribution is -0.120. The second kappa shape index (κ2) is 8.39. The molecule has 0 saturated heterocycles. The zero-order valence-corrected chi connectivity index (χ0v) is 14.0. The van der Waals surface area contributed by atoms with Crippen molar-refractivity contribution in [2.75, 3.05) is 5.32 Å². The van der Waals surface area contributed by atoms with E-state index in [4.69, 9.17) is 0 Å². The van der Waals surface area contributed by atoms with Gasteiger partial charge in [-0.1, -0.05) is 30.3 Å². The van der Waals surface area contributed by atoms with Crippen LogP contribution in [0.25, 0.3) is 0 Å². The summed E-state index contributed by atoms with van der Waals surface area (Å²) in [5, 5.41) is 5.47. The van der Waals surface area contributed by atoms with Crippen LogP contribution in [0.3, 0.4) is 0 Å². The fraction of sp³-hybridized carbons (Fsp3) is 0.222. The second-order valence-electron chi connectivity index (χ2n) is 5.17. The molecule has 0 heterocycles. The van der Waals surface area contributed by atoms with E-state index in [-0.39, 0.29) is 17.1 Å². The zero-order valence-electron chi connectivity index (χ0n) is 13.2. The number of hydrogen-bond acceptors (Lipinski definition) is 3. The number of anilines is 1. The summed E-state index contributed by atoms with van der Waals surface area (Å²) in [6.07, 6.45) is 0. The minimum Gasteiger partial charge on any atom is -0.351 e. The van der Waals surface area contributed by atoms with Gasteiger partial charge in [-0.05, 0) is 36.8 Å². The molecule has 1 unspecified atom stereocenters. The highest BCUT2D eigenvalue weighted by Crippen LogP contribution is 2.24. The van der Waals surface area contributed by atoms with Crippen molar-refractivity contribution in [3.05, 3.63) is 60.2 Å². The van der Waals surface area contributed by atoms with Crippen molar-refractivity contribution in [2.24, 2.45) is 0 Å². The molecule has 0 aromatic heterocycles. The van der Waals surface area contributed by atoms with Crippen LogP contribution < -0.4 is 10.6 Å². The van der Waals surface area contributed by atoms with E-state index in [1.165, 1.54) is 18.7 Å². The van der Waals surface area contributed by atoms with Gasteiger partial charge in [0, 0.05) is 24.1 Å². The highest BCUT2D eigenvalue weighted by molar-refractivity contribution is 8.00. The molecule has 0 radical (unpaired) electrons. The Morgan fingerprint density at radius 1 is 1.04 bits per heavy atom. The standard InChI is InChI=1S/C18H20N2O2S/c1-13(18(22)19-12-15-6-4-3-5-7-15)23-17-10-8-16(9-11-17)20-14(2)21/h3-11,13H,12H2,1-2H3,(H,19,22)(H,20,21). The molecule has 0 fully saturated rings. The Morgan fingerprint density at radius 2 is 1.70 bits per heavy atom. The first kappa shape index (κ1) is 17.1. The molecule has 2 amide bonds. The van der Waals surface area contributed by atoms with Gasteiger partial charge in [0.15, 0.2) is 0 Å². The first-order chi connectivity index (χ1) is 11.0. The maximum atomic E-state index is 12.1. The summed E-state index contributed by atoms with van der Waals surface area (Å²) in [5.41, 5.74) is 1.83. The average Bonchev–Trinajstić information content (AvgIpc) is 2.55. The van der Waals surface area contributed by atoms with E-state index in [1.807, 2.05) is 61.5 Å². The number of thioether (sulfide) groups is 1. The zero-order chi connectivity index (χ0) is 16.7. The lowest BCUT2D eigenvalue weighted by atomic mass is 10.2. The summed E-state index contributed by atoms with van der Waals surface area (Å²) in [7, 11) is 0. The van der Waals surface area contributed by atoms with E-state index in [1.54, 1.807) is 0 Å². The van der Waals surface area contributed by atoms with Gasteiger partial charge in [0.25, 0.3) is 0 Å². The average molecular weight is 328 g/mol. The lowest BCUT2D eigenvalue weighted by Crippen LogP contribution is -2.30. The third kappa shape index (κ3) is 5.79. The summed E-state index contributed by atoms with van der Waals surface area (Å²) in [6.45, 7) is 3.89. The van der Waals surface area contributed by atoms with Gasteiger partial charge in [0.2, 0.25) is 11.8 Å². The molecule has 120 valence electrons. The summed E-state index contributed by atoms with van der Waals surface area (Å²) in [4.78, 5) is 24.1. The number of benzene rings is 2. The van der Waals surface area contributed by atoms with E-state index in [0.717, 1.165) is 16.1 Å². The van der Waals surface area contributed by atoms with Gasteiger partial charge in [-0.3, -0.25) is 9.59 Å². The van der Waals surface area contributed by atoms with Gasteiger partial charge >= 0.3 is 0 Å². The van der Waals surface area contributed by atoms with E-state index >= 15 is 0 Å². The van der Waals surface area contributed by atoms with Crippen molar-refractivity contribution in [2.45, 2.75) is 30.5 Å². The fourth-order valence-electron chi connectivity index (χ4n) is 2.01. The van der Waals surface area contributed by atoms with Crippen LogP contribution in [0.2, 0.25) is 0 Å². The minimum absolute atomic E-state index is 0.00444. The van der Waals surface area contributed by atoms with Crippen molar-refractivity contribution in [1.82, 2.24) is 5.32 Å². The van der Waals surface area contributed by atoms with E-state index in [9.17, 15) is 9.59 Å². The lowest BCUT2D eigenvalue weighted by Gasteiger charge is -2.12. The molecule has 0 saturated carbocycles. The van der Waals surface area contributed by atoms with Crippen molar-refractivity contribution >= 4 is 29.3 Å². The van der Waals surface area contributed by atoms with Gasteiger partial charge in [0.1, 0.15) is 0 Å². The molecule has 23 heavy (non-hydrogen) atoms. The summed E-state index contributed by atoms with van der Waals surface area (Å²) < 4.78 is 0. The number of amides is 2. The Hall–Kier alpha value is -2.27. The second-order valence-corrected chi connectivity index (χ2v) is 6.58. The topological polar surface area (TPSA) is 58.2 Å². The van der Waals surface area contributed by atoms with E-state index < -0.39 is 0 Å². The molecule has 0 aliphatic rings. The Morgan fingerprint density at radius 3 is 2.30 bits per heavy atom. The summed E-state index contributed by atoms with van der Waals surface area (Å²) in [6, 6.07) is 17.3. The highest BCUT2D eigenvalue weighted by atomic mass is 32.2. The van der Waals surface area contributed by atoms with Gasteiger partial charge in [-0.15, -0.1) is 11.8 Å². The van der Waals surface area contributed by atoms with Crippen molar-refractivity contribution in [3.63, 3.8) is 0 Å². The maximum absolute atomic E-state index is 12.1. The predicted octanol–water partition coefficient (Wildman–Crippen LogP) is 3.44.